The van der Waals surface area contributed by atoms with Crippen LogP contribution in [0.25, 0.3) is 0 Å². The van der Waals surface area contributed by atoms with Crippen molar-refractivity contribution in [2.24, 2.45) is 5.73 Å². The number of carbonyl (C=O) groups is 1. The second kappa shape index (κ2) is 12.6. The van der Waals surface area contributed by atoms with Crippen LogP contribution in [0, 0.1) is 0 Å². The molecule has 0 unspecified atom stereocenters. The van der Waals surface area contributed by atoms with Crippen molar-refractivity contribution in [1.29, 1.82) is 0 Å². The second-order valence-corrected chi connectivity index (χ2v) is 7.66. The van der Waals surface area contributed by atoms with Crippen molar-refractivity contribution in [2.75, 3.05) is 19.8 Å². The van der Waals surface area contributed by atoms with E-state index >= 15 is 0 Å². The lowest BCUT2D eigenvalue weighted by Gasteiger charge is -2.19. The van der Waals surface area contributed by atoms with E-state index in [2.05, 4.69) is 5.32 Å². The van der Waals surface area contributed by atoms with Crippen LogP contribution in [0.5, 0.6) is 5.75 Å². The molecule has 0 spiro atoms. The number of nitrogens with one attached hydrogen (secondary N) is 1. The van der Waals surface area contributed by atoms with Gasteiger partial charge in [0.25, 0.3) is 0 Å². The number of amides is 1. The summed E-state index contributed by atoms with van der Waals surface area (Å²) in [4.78, 5) is 11.6. The highest BCUT2D eigenvalue weighted by atomic mass is 16.5. The number of benzene rings is 1. The Bertz CT molecular complexity index is 495. The summed E-state index contributed by atoms with van der Waals surface area (Å²) < 4.78 is 11.0. The van der Waals surface area contributed by atoms with E-state index in [4.69, 9.17) is 15.2 Å². The van der Waals surface area contributed by atoms with E-state index in [9.17, 15) is 4.79 Å². The van der Waals surface area contributed by atoms with Gasteiger partial charge in [0.2, 0.25) is 0 Å². The van der Waals surface area contributed by atoms with Crippen molar-refractivity contribution in [2.45, 2.75) is 71.3 Å². The first-order valence-electron chi connectivity index (χ1n) is 9.77. The zero-order valence-electron chi connectivity index (χ0n) is 16.7. The molecule has 1 aromatic rings. The van der Waals surface area contributed by atoms with Gasteiger partial charge in [-0.25, -0.2) is 4.79 Å². The van der Waals surface area contributed by atoms with Gasteiger partial charge in [-0.15, -0.1) is 0 Å². The first-order chi connectivity index (χ1) is 12.4. The maximum atomic E-state index is 11.6. The van der Waals surface area contributed by atoms with Gasteiger partial charge in [-0.3, -0.25) is 0 Å². The molecule has 0 atom stereocenters. The van der Waals surface area contributed by atoms with Crippen LogP contribution < -0.4 is 15.8 Å². The van der Waals surface area contributed by atoms with Gasteiger partial charge in [-0.05, 0) is 57.9 Å². The Hall–Kier alpha value is -1.75. The van der Waals surface area contributed by atoms with Crippen LogP contribution in [0.2, 0.25) is 0 Å². The van der Waals surface area contributed by atoms with Crippen LogP contribution in [0.15, 0.2) is 24.3 Å². The maximum absolute atomic E-state index is 11.6. The first kappa shape index (κ1) is 22.3. The first-order valence-corrected chi connectivity index (χ1v) is 9.77. The molecule has 3 N–H and O–H groups in total. The summed E-state index contributed by atoms with van der Waals surface area (Å²) in [6.45, 7) is 7.70. The van der Waals surface area contributed by atoms with Crippen LogP contribution in [-0.2, 0) is 11.2 Å². The average Bonchev–Trinajstić information content (AvgIpc) is 2.57. The Morgan fingerprint density at radius 2 is 1.58 bits per heavy atom. The molecule has 0 fully saturated rings. The highest BCUT2D eigenvalue weighted by molar-refractivity contribution is 5.68. The molecule has 1 aromatic carbocycles. The Morgan fingerprint density at radius 3 is 2.19 bits per heavy atom. The minimum absolute atomic E-state index is 0.277. The molecule has 0 aliphatic carbocycles. The van der Waals surface area contributed by atoms with E-state index in [0.29, 0.717) is 13.0 Å². The summed E-state index contributed by atoms with van der Waals surface area (Å²) in [5.74, 6) is 0.892. The van der Waals surface area contributed by atoms with Gasteiger partial charge in [0.05, 0.1) is 13.2 Å². The normalized spacial score (nSPS) is 11.2. The summed E-state index contributed by atoms with van der Waals surface area (Å²) in [5.41, 5.74) is 6.33. The Morgan fingerprint density at radius 1 is 0.962 bits per heavy atom. The fourth-order valence-corrected chi connectivity index (χ4v) is 2.50. The SMILES string of the molecule is CC(C)(C)NC(=O)OCCc1ccc(OCCCCCCCCN)cc1. The van der Waals surface area contributed by atoms with Crippen molar-refractivity contribution >= 4 is 6.09 Å². The Kier molecular flexibility index (Phi) is 10.8. The minimum Gasteiger partial charge on any atom is -0.494 e. The van der Waals surface area contributed by atoms with Gasteiger partial charge in [0, 0.05) is 12.0 Å². The molecular weight excluding hydrogens is 328 g/mol. The van der Waals surface area contributed by atoms with Crippen molar-refractivity contribution in [3.05, 3.63) is 29.8 Å². The summed E-state index contributed by atoms with van der Waals surface area (Å²) in [7, 11) is 0. The zero-order chi connectivity index (χ0) is 19.3. The molecule has 1 amide bonds. The molecule has 0 radical (unpaired) electrons. The lowest BCUT2D eigenvalue weighted by molar-refractivity contribution is 0.139. The predicted octanol–water partition coefficient (Wildman–Crippen LogP) is 4.43. The monoisotopic (exact) mass is 364 g/mol. The summed E-state index contributed by atoms with van der Waals surface area (Å²) in [6, 6.07) is 8.00. The Balaban J connectivity index is 2.12. The standard InChI is InChI=1S/C21H36N2O3/c1-21(2,3)23-20(24)26-17-14-18-10-12-19(13-11-18)25-16-9-7-5-4-6-8-15-22/h10-13H,4-9,14-17,22H2,1-3H3,(H,23,24). The number of nitrogens with two attached hydrogens (primary N) is 1. The number of ether oxygens (including phenoxy) is 2. The lowest BCUT2D eigenvalue weighted by atomic mass is 10.1. The number of hydrogen-bond donors (Lipinski definition) is 2. The molecule has 0 saturated carbocycles. The van der Waals surface area contributed by atoms with E-state index < -0.39 is 0 Å². The van der Waals surface area contributed by atoms with Gasteiger partial charge < -0.3 is 20.5 Å². The van der Waals surface area contributed by atoms with E-state index in [0.717, 1.165) is 37.3 Å². The summed E-state index contributed by atoms with van der Waals surface area (Å²) >= 11 is 0. The van der Waals surface area contributed by atoms with Gasteiger partial charge in [0.15, 0.2) is 0 Å². The van der Waals surface area contributed by atoms with Gasteiger partial charge >= 0.3 is 6.09 Å². The van der Waals surface area contributed by atoms with Crippen molar-refractivity contribution in [1.82, 2.24) is 5.32 Å². The minimum atomic E-state index is -0.375. The number of carbonyl (C=O) groups excluding carboxylic acids is 1. The highest BCUT2D eigenvalue weighted by Crippen LogP contribution is 2.14. The second-order valence-electron chi connectivity index (χ2n) is 7.66. The van der Waals surface area contributed by atoms with Gasteiger partial charge in [-0.2, -0.15) is 0 Å². The lowest BCUT2D eigenvalue weighted by Crippen LogP contribution is -2.41. The van der Waals surface area contributed by atoms with Gasteiger partial charge in [-0.1, -0.05) is 37.8 Å². The van der Waals surface area contributed by atoms with Crippen LogP contribution in [0.1, 0.15) is 64.9 Å². The van der Waals surface area contributed by atoms with Crippen LogP contribution in [0.4, 0.5) is 4.79 Å². The molecule has 0 saturated heterocycles. The molecule has 26 heavy (non-hydrogen) atoms. The summed E-state index contributed by atoms with van der Waals surface area (Å²) in [5, 5.41) is 2.78. The topological polar surface area (TPSA) is 73.6 Å². The predicted molar refractivity (Wildman–Crippen MR) is 107 cm³/mol. The molecule has 0 aromatic heterocycles. The molecule has 1 rings (SSSR count). The third-order valence-electron chi connectivity index (χ3n) is 3.89. The largest absolute Gasteiger partial charge is 0.494 e. The smallest absolute Gasteiger partial charge is 0.407 e. The molecule has 0 bridgehead atoms. The number of unbranched alkanes of at least 4 members (excludes halogenated alkanes) is 5. The van der Waals surface area contributed by atoms with E-state index in [-0.39, 0.29) is 11.6 Å². The Labute approximate surface area is 158 Å². The van der Waals surface area contributed by atoms with Crippen LogP contribution >= 0.6 is 0 Å². The number of hydrogen-bond acceptors (Lipinski definition) is 4. The average molecular weight is 365 g/mol. The van der Waals surface area contributed by atoms with E-state index in [1.54, 1.807) is 0 Å². The highest BCUT2D eigenvalue weighted by Gasteiger charge is 2.14. The molecule has 0 heterocycles. The van der Waals surface area contributed by atoms with Gasteiger partial charge in [0.1, 0.15) is 5.75 Å². The maximum Gasteiger partial charge on any atom is 0.407 e. The molecule has 5 nitrogen and oxygen atoms in total. The molecule has 0 aliphatic rings. The molecule has 5 heteroatoms. The fourth-order valence-electron chi connectivity index (χ4n) is 2.50. The third kappa shape index (κ3) is 11.7. The van der Waals surface area contributed by atoms with Crippen molar-refractivity contribution in [3.8, 4) is 5.75 Å². The van der Waals surface area contributed by atoms with E-state index in [1.807, 2.05) is 45.0 Å². The van der Waals surface area contributed by atoms with Crippen molar-refractivity contribution < 1.29 is 14.3 Å². The molecule has 0 aliphatic heterocycles. The quantitative estimate of drug-likeness (QED) is 0.538. The molecule has 148 valence electrons. The van der Waals surface area contributed by atoms with Crippen LogP contribution in [0.3, 0.4) is 0 Å². The summed E-state index contributed by atoms with van der Waals surface area (Å²) in [6.07, 6.45) is 7.50. The number of rotatable bonds is 12. The number of alkyl carbamates (subject to hydrolysis) is 1. The molecular formula is C21H36N2O3. The third-order valence-corrected chi connectivity index (χ3v) is 3.89. The van der Waals surface area contributed by atoms with Crippen LogP contribution in [-0.4, -0.2) is 31.4 Å². The van der Waals surface area contributed by atoms with Crippen molar-refractivity contribution in [3.63, 3.8) is 0 Å². The van der Waals surface area contributed by atoms with E-state index in [1.165, 1.54) is 25.7 Å². The zero-order valence-corrected chi connectivity index (χ0v) is 16.7. The fraction of sp³-hybridized carbons (Fsp3) is 0.667.